The molecule has 0 aliphatic heterocycles. The number of likely N-dealkylation sites (N-methyl/N-ethyl adjacent to an activating group) is 1. The molecule has 2 unspecified atom stereocenters. The molecule has 0 bridgehead atoms. The average molecular weight is 397 g/mol. The Kier molecular flexibility index (Phi) is 7.15. The monoisotopic (exact) mass is 396 g/mol. The SMILES string of the molecule is CCOc1cc(CNC2CCCc3ccccc32)ccc1OC(C)C(=O)N(C)C. The van der Waals surface area contributed by atoms with E-state index in [1.807, 2.05) is 25.1 Å². The number of amides is 1. The molecule has 0 aromatic heterocycles. The molecule has 0 saturated heterocycles. The summed E-state index contributed by atoms with van der Waals surface area (Å²) in [4.78, 5) is 13.6. The van der Waals surface area contributed by atoms with Gasteiger partial charge in [-0.25, -0.2) is 0 Å². The fraction of sp³-hybridized carbons (Fsp3) is 0.458. The van der Waals surface area contributed by atoms with Crippen molar-refractivity contribution in [2.24, 2.45) is 0 Å². The molecule has 0 radical (unpaired) electrons. The lowest BCUT2D eigenvalue weighted by Crippen LogP contribution is -2.35. The van der Waals surface area contributed by atoms with E-state index in [0.29, 0.717) is 24.1 Å². The highest BCUT2D eigenvalue weighted by Gasteiger charge is 2.21. The molecule has 29 heavy (non-hydrogen) atoms. The summed E-state index contributed by atoms with van der Waals surface area (Å²) in [6.07, 6.45) is 2.97. The maximum Gasteiger partial charge on any atom is 0.262 e. The van der Waals surface area contributed by atoms with Crippen molar-refractivity contribution in [1.82, 2.24) is 10.2 Å². The van der Waals surface area contributed by atoms with Crippen molar-refractivity contribution in [2.75, 3.05) is 20.7 Å². The summed E-state index contributed by atoms with van der Waals surface area (Å²) in [5, 5.41) is 3.70. The number of fused-ring (bicyclic) bond motifs is 1. The molecule has 0 heterocycles. The molecule has 5 heteroatoms. The van der Waals surface area contributed by atoms with Crippen molar-refractivity contribution in [3.8, 4) is 11.5 Å². The second-order valence-corrected chi connectivity index (χ2v) is 7.73. The van der Waals surface area contributed by atoms with Gasteiger partial charge < -0.3 is 19.7 Å². The van der Waals surface area contributed by atoms with Gasteiger partial charge in [-0.15, -0.1) is 0 Å². The second kappa shape index (κ2) is 9.79. The summed E-state index contributed by atoms with van der Waals surface area (Å²) in [7, 11) is 3.45. The highest BCUT2D eigenvalue weighted by Crippen LogP contribution is 2.32. The van der Waals surface area contributed by atoms with Crippen molar-refractivity contribution in [3.63, 3.8) is 0 Å². The van der Waals surface area contributed by atoms with E-state index in [2.05, 4.69) is 29.6 Å². The molecule has 1 aliphatic rings. The Morgan fingerprint density at radius 2 is 2.00 bits per heavy atom. The fourth-order valence-corrected chi connectivity index (χ4v) is 3.84. The van der Waals surface area contributed by atoms with Gasteiger partial charge in [-0.1, -0.05) is 30.3 Å². The Morgan fingerprint density at radius 3 is 2.76 bits per heavy atom. The van der Waals surface area contributed by atoms with Crippen molar-refractivity contribution >= 4 is 5.91 Å². The van der Waals surface area contributed by atoms with E-state index < -0.39 is 6.10 Å². The van der Waals surface area contributed by atoms with Crippen molar-refractivity contribution in [2.45, 2.75) is 51.8 Å². The van der Waals surface area contributed by atoms with Crippen LogP contribution in [0.4, 0.5) is 0 Å². The van der Waals surface area contributed by atoms with Crippen LogP contribution in [0.15, 0.2) is 42.5 Å². The zero-order valence-electron chi connectivity index (χ0n) is 17.9. The van der Waals surface area contributed by atoms with Crippen LogP contribution >= 0.6 is 0 Å². The topological polar surface area (TPSA) is 50.8 Å². The fourth-order valence-electron chi connectivity index (χ4n) is 3.84. The number of nitrogens with one attached hydrogen (secondary N) is 1. The van der Waals surface area contributed by atoms with Gasteiger partial charge in [0.15, 0.2) is 17.6 Å². The zero-order valence-corrected chi connectivity index (χ0v) is 17.9. The van der Waals surface area contributed by atoms with Gasteiger partial charge in [-0.3, -0.25) is 4.79 Å². The standard InChI is InChI=1S/C24H32N2O3/c1-5-28-23-15-18(13-14-22(23)29-17(2)24(27)26(3)4)16-25-21-12-8-10-19-9-6-7-11-20(19)21/h6-7,9,11,13-15,17,21,25H,5,8,10,12,16H2,1-4H3. The first-order valence-electron chi connectivity index (χ1n) is 10.4. The minimum atomic E-state index is -0.563. The maximum absolute atomic E-state index is 12.1. The number of benzene rings is 2. The number of aryl methyl sites for hydroxylation is 1. The van der Waals surface area contributed by atoms with Crippen LogP contribution < -0.4 is 14.8 Å². The summed E-state index contributed by atoms with van der Waals surface area (Å²) in [5.41, 5.74) is 4.00. The third-order valence-corrected chi connectivity index (χ3v) is 5.32. The van der Waals surface area contributed by atoms with Gasteiger partial charge in [-0.05, 0) is 61.9 Å². The van der Waals surface area contributed by atoms with Crippen molar-refractivity contribution in [3.05, 3.63) is 59.2 Å². The van der Waals surface area contributed by atoms with Crippen LogP contribution in [0.5, 0.6) is 11.5 Å². The van der Waals surface area contributed by atoms with Crippen LogP contribution in [-0.2, 0) is 17.8 Å². The predicted octanol–water partition coefficient (Wildman–Crippen LogP) is 4.11. The first kappa shape index (κ1) is 21.2. The van der Waals surface area contributed by atoms with E-state index >= 15 is 0 Å². The highest BCUT2D eigenvalue weighted by molar-refractivity contribution is 5.80. The zero-order chi connectivity index (χ0) is 20.8. The number of hydrogen-bond donors (Lipinski definition) is 1. The van der Waals surface area contributed by atoms with Crippen LogP contribution in [0.1, 0.15) is 49.4 Å². The molecule has 0 fully saturated rings. The molecule has 2 aromatic carbocycles. The molecule has 0 saturated carbocycles. The Balaban J connectivity index is 1.69. The molecular formula is C24H32N2O3. The summed E-state index contributed by atoms with van der Waals surface area (Å²) in [6, 6.07) is 15.0. The molecule has 1 amide bonds. The molecule has 0 spiro atoms. The van der Waals surface area contributed by atoms with E-state index in [9.17, 15) is 4.79 Å². The smallest absolute Gasteiger partial charge is 0.262 e. The summed E-state index contributed by atoms with van der Waals surface area (Å²) >= 11 is 0. The summed E-state index contributed by atoms with van der Waals surface area (Å²) < 4.78 is 11.7. The Hall–Kier alpha value is -2.53. The number of hydrogen-bond acceptors (Lipinski definition) is 4. The second-order valence-electron chi connectivity index (χ2n) is 7.73. The average Bonchev–Trinajstić information content (AvgIpc) is 2.73. The Morgan fingerprint density at radius 1 is 1.21 bits per heavy atom. The third-order valence-electron chi connectivity index (χ3n) is 5.32. The molecule has 1 aliphatic carbocycles. The van der Waals surface area contributed by atoms with Gasteiger partial charge in [0.05, 0.1) is 6.61 Å². The minimum absolute atomic E-state index is 0.0749. The van der Waals surface area contributed by atoms with Gasteiger partial charge in [0.2, 0.25) is 0 Å². The van der Waals surface area contributed by atoms with Gasteiger partial charge in [0.1, 0.15) is 0 Å². The van der Waals surface area contributed by atoms with E-state index in [0.717, 1.165) is 18.5 Å². The number of rotatable bonds is 8. The van der Waals surface area contributed by atoms with Crippen LogP contribution in [-0.4, -0.2) is 37.6 Å². The van der Waals surface area contributed by atoms with Crippen LogP contribution in [0.2, 0.25) is 0 Å². The molecule has 156 valence electrons. The van der Waals surface area contributed by atoms with Crippen LogP contribution in [0.25, 0.3) is 0 Å². The van der Waals surface area contributed by atoms with Gasteiger partial charge in [0.25, 0.3) is 5.91 Å². The first-order chi connectivity index (χ1) is 14.0. The molecule has 2 atom stereocenters. The number of carbonyl (C=O) groups is 1. The van der Waals surface area contributed by atoms with Crippen LogP contribution in [0.3, 0.4) is 0 Å². The van der Waals surface area contributed by atoms with E-state index in [4.69, 9.17) is 9.47 Å². The maximum atomic E-state index is 12.1. The highest BCUT2D eigenvalue weighted by atomic mass is 16.5. The molecule has 3 rings (SSSR count). The van der Waals surface area contributed by atoms with Gasteiger partial charge in [0, 0.05) is 26.7 Å². The Bertz CT molecular complexity index is 835. The number of ether oxygens (including phenoxy) is 2. The number of nitrogens with zero attached hydrogens (tertiary/aromatic N) is 1. The van der Waals surface area contributed by atoms with E-state index in [-0.39, 0.29) is 5.91 Å². The number of carbonyl (C=O) groups excluding carboxylic acids is 1. The predicted molar refractivity (Wildman–Crippen MR) is 115 cm³/mol. The quantitative estimate of drug-likeness (QED) is 0.730. The normalized spacial score (nSPS) is 16.6. The van der Waals surface area contributed by atoms with E-state index in [1.54, 1.807) is 21.0 Å². The van der Waals surface area contributed by atoms with Gasteiger partial charge >= 0.3 is 0 Å². The lowest BCUT2D eigenvalue weighted by atomic mass is 9.87. The molecular weight excluding hydrogens is 364 g/mol. The molecule has 1 N–H and O–H groups in total. The molecule has 2 aromatic rings. The lowest BCUT2D eigenvalue weighted by Gasteiger charge is -2.26. The largest absolute Gasteiger partial charge is 0.490 e. The summed E-state index contributed by atoms with van der Waals surface area (Å²) in [6.45, 7) is 5.00. The molecule has 5 nitrogen and oxygen atoms in total. The lowest BCUT2D eigenvalue weighted by molar-refractivity contribution is -0.135. The van der Waals surface area contributed by atoms with Crippen LogP contribution in [0, 0.1) is 0 Å². The van der Waals surface area contributed by atoms with Crippen molar-refractivity contribution < 1.29 is 14.3 Å². The Labute approximate surface area is 174 Å². The first-order valence-corrected chi connectivity index (χ1v) is 10.4. The minimum Gasteiger partial charge on any atom is -0.490 e. The van der Waals surface area contributed by atoms with Gasteiger partial charge in [-0.2, -0.15) is 0 Å². The van der Waals surface area contributed by atoms with E-state index in [1.165, 1.54) is 28.9 Å². The third kappa shape index (κ3) is 5.30. The van der Waals surface area contributed by atoms with Crippen molar-refractivity contribution in [1.29, 1.82) is 0 Å². The summed E-state index contributed by atoms with van der Waals surface area (Å²) in [5.74, 6) is 1.20.